The zero-order chi connectivity index (χ0) is 16.2. The van der Waals surface area contributed by atoms with Gasteiger partial charge < -0.3 is 10.6 Å². The second kappa shape index (κ2) is 7.84. The molecule has 2 saturated heterocycles. The predicted molar refractivity (Wildman–Crippen MR) is 95.3 cm³/mol. The van der Waals surface area contributed by atoms with Crippen molar-refractivity contribution >= 4 is 34.8 Å². The highest BCUT2D eigenvalue weighted by molar-refractivity contribution is 6.35. The van der Waals surface area contributed by atoms with Gasteiger partial charge in [-0.15, -0.1) is 0 Å². The van der Waals surface area contributed by atoms with Gasteiger partial charge in [-0.2, -0.15) is 0 Å². The molecule has 6 heteroatoms. The molecule has 3 rings (SSSR count). The molecule has 1 aromatic carbocycles. The number of halogens is 2. The lowest BCUT2D eigenvalue weighted by Gasteiger charge is -2.30. The zero-order valence-corrected chi connectivity index (χ0v) is 14.7. The molecule has 2 aliphatic heterocycles. The summed E-state index contributed by atoms with van der Waals surface area (Å²) < 4.78 is 0. The zero-order valence-electron chi connectivity index (χ0n) is 13.2. The molecule has 0 radical (unpaired) electrons. The van der Waals surface area contributed by atoms with Crippen LogP contribution in [0.15, 0.2) is 18.2 Å². The van der Waals surface area contributed by atoms with Crippen LogP contribution >= 0.6 is 23.2 Å². The van der Waals surface area contributed by atoms with Gasteiger partial charge in [-0.05, 0) is 69.4 Å². The van der Waals surface area contributed by atoms with Crippen molar-refractivity contribution in [1.29, 1.82) is 0 Å². The van der Waals surface area contributed by atoms with Crippen LogP contribution in [-0.4, -0.2) is 43.0 Å². The molecule has 2 heterocycles. The minimum Gasteiger partial charge on any atom is -0.325 e. The van der Waals surface area contributed by atoms with Crippen molar-refractivity contribution in [3.8, 4) is 0 Å². The standard InChI is InChI=1S/C17H23Cl2N3O/c18-13-7-14(19)9-15(8-13)21-17(23)16-4-2-6-22(16)11-12-3-1-5-20-10-12/h7-9,12,16,20H,1-6,10-11H2,(H,21,23). The van der Waals surface area contributed by atoms with Crippen LogP contribution in [0.25, 0.3) is 0 Å². The highest BCUT2D eigenvalue weighted by atomic mass is 35.5. The first-order valence-corrected chi connectivity index (χ1v) is 9.09. The molecule has 2 N–H and O–H groups in total. The van der Waals surface area contributed by atoms with Crippen molar-refractivity contribution in [3.05, 3.63) is 28.2 Å². The Balaban J connectivity index is 1.60. The Labute approximate surface area is 147 Å². The van der Waals surface area contributed by atoms with E-state index in [1.807, 2.05) is 0 Å². The van der Waals surface area contributed by atoms with Gasteiger partial charge in [-0.25, -0.2) is 0 Å². The Morgan fingerprint density at radius 2 is 2.00 bits per heavy atom. The molecule has 0 spiro atoms. The summed E-state index contributed by atoms with van der Waals surface area (Å²) in [6.07, 6.45) is 4.48. The molecule has 2 unspecified atom stereocenters. The summed E-state index contributed by atoms with van der Waals surface area (Å²) >= 11 is 12.0. The quantitative estimate of drug-likeness (QED) is 0.869. The number of hydrogen-bond donors (Lipinski definition) is 2. The van der Waals surface area contributed by atoms with Gasteiger partial charge in [0.2, 0.25) is 5.91 Å². The molecule has 2 atom stereocenters. The number of likely N-dealkylation sites (tertiary alicyclic amines) is 1. The number of hydrogen-bond acceptors (Lipinski definition) is 3. The number of rotatable bonds is 4. The van der Waals surface area contributed by atoms with Gasteiger partial charge in [0.15, 0.2) is 0 Å². The summed E-state index contributed by atoms with van der Waals surface area (Å²) in [4.78, 5) is 15.0. The largest absolute Gasteiger partial charge is 0.325 e. The molecule has 0 saturated carbocycles. The minimum absolute atomic E-state index is 0.0459. The SMILES string of the molecule is O=C(Nc1cc(Cl)cc(Cl)c1)C1CCCN1CC1CCCNC1. The van der Waals surface area contributed by atoms with Crippen LogP contribution in [0.5, 0.6) is 0 Å². The molecule has 2 aliphatic rings. The van der Waals surface area contributed by atoms with Crippen LogP contribution < -0.4 is 10.6 Å². The lowest BCUT2D eigenvalue weighted by Crippen LogP contribution is -2.44. The fourth-order valence-corrected chi connectivity index (χ4v) is 4.13. The van der Waals surface area contributed by atoms with E-state index in [0.29, 0.717) is 21.7 Å². The van der Waals surface area contributed by atoms with Gasteiger partial charge in [0.25, 0.3) is 0 Å². The average Bonchev–Trinajstić information content (AvgIpc) is 2.95. The summed E-state index contributed by atoms with van der Waals surface area (Å²) in [7, 11) is 0. The Bertz CT molecular complexity index is 541. The molecule has 2 fully saturated rings. The number of piperidine rings is 1. The number of anilines is 1. The van der Waals surface area contributed by atoms with Crippen molar-refractivity contribution in [1.82, 2.24) is 10.2 Å². The normalized spacial score (nSPS) is 25.5. The van der Waals surface area contributed by atoms with E-state index >= 15 is 0 Å². The summed E-state index contributed by atoms with van der Waals surface area (Å²) in [6, 6.07) is 5.08. The van der Waals surface area contributed by atoms with Crippen LogP contribution in [0.2, 0.25) is 10.0 Å². The van der Waals surface area contributed by atoms with Crippen molar-refractivity contribution < 1.29 is 4.79 Å². The molecule has 1 aromatic rings. The van der Waals surface area contributed by atoms with Crippen molar-refractivity contribution in [2.45, 2.75) is 31.7 Å². The highest BCUT2D eigenvalue weighted by Gasteiger charge is 2.32. The second-order valence-corrected chi connectivity index (χ2v) is 7.39. The summed E-state index contributed by atoms with van der Waals surface area (Å²) in [5.41, 5.74) is 0.665. The third kappa shape index (κ3) is 4.60. The predicted octanol–water partition coefficient (Wildman–Crippen LogP) is 3.40. The lowest BCUT2D eigenvalue weighted by atomic mass is 9.98. The van der Waals surface area contributed by atoms with E-state index in [-0.39, 0.29) is 11.9 Å². The second-order valence-electron chi connectivity index (χ2n) is 6.51. The topological polar surface area (TPSA) is 44.4 Å². The summed E-state index contributed by atoms with van der Waals surface area (Å²) in [5, 5.41) is 7.48. The molecule has 1 amide bonds. The average molecular weight is 356 g/mol. The number of benzene rings is 1. The number of nitrogens with zero attached hydrogens (tertiary/aromatic N) is 1. The number of amides is 1. The monoisotopic (exact) mass is 355 g/mol. The molecule has 4 nitrogen and oxygen atoms in total. The first-order valence-electron chi connectivity index (χ1n) is 8.33. The third-order valence-corrected chi connectivity index (χ3v) is 5.12. The third-order valence-electron chi connectivity index (χ3n) is 4.69. The van der Waals surface area contributed by atoms with E-state index in [2.05, 4.69) is 15.5 Å². The smallest absolute Gasteiger partial charge is 0.241 e. The van der Waals surface area contributed by atoms with Crippen molar-refractivity contribution in [2.24, 2.45) is 5.92 Å². The first kappa shape index (κ1) is 17.0. The maximum atomic E-state index is 12.6. The van der Waals surface area contributed by atoms with Gasteiger partial charge in [-0.1, -0.05) is 23.2 Å². The molecular formula is C17H23Cl2N3O. The van der Waals surface area contributed by atoms with E-state index in [1.54, 1.807) is 18.2 Å². The first-order chi connectivity index (χ1) is 11.1. The van der Waals surface area contributed by atoms with E-state index < -0.39 is 0 Å². The molecule has 0 bridgehead atoms. The van der Waals surface area contributed by atoms with Crippen molar-refractivity contribution in [2.75, 3.05) is 31.5 Å². The van der Waals surface area contributed by atoms with E-state index in [1.165, 1.54) is 12.8 Å². The molecular weight excluding hydrogens is 333 g/mol. The van der Waals surface area contributed by atoms with Crippen LogP contribution in [0.4, 0.5) is 5.69 Å². The molecule has 0 aliphatic carbocycles. The number of carbonyl (C=O) groups is 1. The van der Waals surface area contributed by atoms with Crippen LogP contribution in [0, 0.1) is 5.92 Å². The Kier molecular flexibility index (Phi) is 5.81. The van der Waals surface area contributed by atoms with Gasteiger partial charge in [0, 0.05) is 22.3 Å². The highest BCUT2D eigenvalue weighted by Crippen LogP contribution is 2.25. The summed E-state index contributed by atoms with van der Waals surface area (Å²) in [5.74, 6) is 0.697. The Morgan fingerprint density at radius 3 is 2.70 bits per heavy atom. The number of carbonyl (C=O) groups excluding carboxylic acids is 1. The fourth-order valence-electron chi connectivity index (χ4n) is 3.60. The number of nitrogens with one attached hydrogen (secondary N) is 2. The van der Waals surface area contributed by atoms with E-state index in [4.69, 9.17) is 23.2 Å². The van der Waals surface area contributed by atoms with Crippen molar-refractivity contribution in [3.63, 3.8) is 0 Å². The maximum absolute atomic E-state index is 12.6. The van der Waals surface area contributed by atoms with Crippen LogP contribution in [0.3, 0.4) is 0 Å². The van der Waals surface area contributed by atoms with Crippen LogP contribution in [-0.2, 0) is 4.79 Å². The molecule has 23 heavy (non-hydrogen) atoms. The van der Waals surface area contributed by atoms with Gasteiger partial charge in [-0.3, -0.25) is 9.69 Å². The summed E-state index contributed by atoms with van der Waals surface area (Å²) in [6.45, 7) is 4.19. The lowest BCUT2D eigenvalue weighted by molar-refractivity contribution is -0.120. The van der Waals surface area contributed by atoms with Gasteiger partial charge in [0.05, 0.1) is 6.04 Å². The maximum Gasteiger partial charge on any atom is 0.241 e. The Hall–Kier alpha value is -0.810. The van der Waals surface area contributed by atoms with E-state index in [0.717, 1.165) is 39.0 Å². The molecule has 126 valence electrons. The van der Waals surface area contributed by atoms with Gasteiger partial charge in [0.1, 0.15) is 0 Å². The molecule has 0 aromatic heterocycles. The van der Waals surface area contributed by atoms with E-state index in [9.17, 15) is 4.79 Å². The fraction of sp³-hybridized carbons (Fsp3) is 0.588. The van der Waals surface area contributed by atoms with Gasteiger partial charge >= 0.3 is 0 Å². The van der Waals surface area contributed by atoms with Crippen LogP contribution in [0.1, 0.15) is 25.7 Å². The minimum atomic E-state index is -0.0466. The Morgan fingerprint density at radius 1 is 1.22 bits per heavy atom.